The average Bonchev–Trinajstić information content (AvgIpc) is 3.50. The Morgan fingerprint density at radius 3 is 2.29 bits per heavy atom. The number of alkyl carbamates (subject to hydrolysis) is 1. The SMILES string of the molecule is COCCn1cc(C(=O)N2CCC(c3cc(CNC(=O)[C@H](NC(=O)OC(C)(C)C)C(C)C)ccc3F)CC2)c2c(C(=O)N3CCOCC3)cccc21. The van der Waals surface area contributed by atoms with Gasteiger partial charge in [-0.05, 0) is 74.8 Å². The van der Waals surface area contributed by atoms with Gasteiger partial charge in [-0.2, -0.15) is 0 Å². The zero-order chi connectivity index (χ0) is 37.6. The van der Waals surface area contributed by atoms with Gasteiger partial charge in [0, 0.05) is 69.0 Å². The third kappa shape index (κ3) is 9.29. The number of piperidine rings is 1. The molecule has 3 aromatic rings. The Morgan fingerprint density at radius 1 is 0.962 bits per heavy atom. The Hall–Kier alpha value is -4.49. The Morgan fingerprint density at radius 2 is 1.63 bits per heavy atom. The molecule has 4 amide bonds. The van der Waals surface area contributed by atoms with Gasteiger partial charge < -0.3 is 39.2 Å². The van der Waals surface area contributed by atoms with Crippen molar-refractivity contribution in [3.05, 3.63) is 70.7 Å². The van der Waals surface area contributed by atoms with Gasteiger partial charge >= 0.3 is 6.09 Å². The predicted octanol–water partition coefficient (Wildman–Crippen LogP) is 5.08. The van der Waals surface area contributed by atoms with E-state index in [1.54, 1.807) is 55.9 Å². The minimum Gasteiger partial charge on any atom is -0.444 e. The van der Waals surface area contributed by atoms with Crippen LogP contribution in [0.3, 0.4) is 0 Å². The van der Waals surface area contributed by atoms with E-state index in [4.69, 9.17) is 14.2 Å². The third-order valence-electron chi connectivity index (χ3n) is 9.57. The number of nitrogens with zero attached hydrogens (tertiary/aromatic N) is 3. The number of hydrogen-bond acceptors (Lipinski definition) is 7. The van der Waals surface area contributed by atoms with Gasteiger partial charge in [0.2, 0.25) is 5.91 Å². The summed E-state index contributed by atoms with van der Waals surface area (Å²) in [7, 11) is 1.62. The van der Waals surface area contributed by atoms with Gasteiger partial charge in [-0.1, -0.05) is 32.0 Å². The number of likely N-dealkylation sites (tertiary alicyclic amines) is 1. The molecule has 1 aromatic heterocycles. The first-order valence-corrected chi connectivity index (χ1v) is 18.1. The first-order valence-electron chi connectivity index (χ1n) is 18.1. The van der Waals surface area contributed by atoms with Crippen LogP contribution in [-0.2, 0) is 32.1 Å². The molecule has 0 radical (unpaired) electrons. The minimum atomic E-state index is -0.806. The van der Waals surface area contributed by atoms with Gasteiger partial charge in [0.05, 0.1) is 25.4 Å². The summed E-state index contributed by atoms with van der Waals surface area (Å²) in [6, 6.07) is 9.56. The van der Waals surface area contributed by atoms with Crippen molar-refractivity contribution < 1.29 is 37.8 Å². The van der Waals surface area contributed by atoms with E-state index in [9.17, 15) is 19.2 Å². The van der Waals surface area contributed by atoms with Crippen LogP contribution in [0.4, 0.5) is 9.18 Å². The number of carbonyl (C=O) groups is 4. The van der Waals surface area contributed by atoms with E-state index < -0.39 is 17.7 Å². The molecule has 0 bridgehead atoms. The molecular formula is C39H52FN5O7. The molecule has 2 aliphatic heterocycles. The summed E-state index contributed by atoms with van der Waals surface area (Å²) in [6.07, 6.45) is 2.25. The number of benzene rings is 2. The largest absolute Gasteiger partial charge is 0.444 e. The second-order valence-electron chi connectivity index (χ2n) is 14.8. The highest BCUT2D eigenvalue weighted by molar-refractivity contribution is 6.15. The van der Waals surface area contributed by atoms with Gasteiger partial charge in [-0.25, -0.2) is 9.18 Å². The topological polar surface area (TPSA) is 131 Å². The molecular weight excluding hydrogens is 669 g/mol. The standard InChI is InChI=1S/C39H52FN5O7/c1-25(2)34(42-38(49)52-39(3,4)5)35(46)41-23-26-10-11-31(40)29(22-26)27-12-14-43(15-13-27)37(48)30-24-45(16-19-50-6)32-9-7-8-28(33(30)32)36(47)44-17-20-51-21-18-44/h7-11,22,24-25,27,34H,12-21,23H2,1-6H3,(H,41,46)(H,42,49)/t34-/m1/s1. The van der Waals surface area contributed by atoms with E-state index in [0.717, 1.165) is 11.1 Å². The molecule has 2 aromatic carbocycles. The monoisotopic (exact) mass is 721 g/mol. The maximum Gasteiger partial charge on any atom is 0.408 e. The van der Waals surface area contributed by atoms with Crippen LogP contribution in [0.2, 0.25) is 0 Å². The van der Waals surface area contributed by atoms with Crippen molar-refractivity contribution in [2.75, 3.05) is 53.1 Å². The molecule has 0 unspecified atom stereocenters. The van der Waals surface area contributed by atoms with Crippen molar-refractivity contribution in [2.45, 2.75) is 78.1 Å². The fourth-order valence-corrected chi connectivity index (χ4v) is 6.85. The molecule has 0 aliphatic carbocycles. The molecule has 12 nitrogen and oxygen atoms in total. The summed E-state index contributed by atoms with van der Waals surface area (Å²) in [6.45, 7) is 12.8. The minimum absolute atomic E-state index is 0.126. The molecule has 282 valence electrons. The number of nitrogens with one attached hydrogen (secondary N) is 2. The zero-order valence-electron chi connectivity index (χ0n) is 31.1. The Labute approximate surface area is 304 Å². The number of ether oxygens (including phenoxy) is 3. The Bertz CT molecular complexity index is 1750. The average molecular weight is 722 g/mol. The predicted molar refractivity (Wildman–Crippen MR) is 195 cm³/mol. The smallest absolute Gasteiger partial charge is 0.408 e. The van der Waals surface area contributed by atoms with E-state index in [2.05, 4.69) is 10.6 Å². The van der Waals surface area contributed by atoms with E-state index in [0.29, 0.717) is 87.5 Å². The lowest BCUT2D eigenvalue weighted by Gasteiger charge is -2.32. The molecule has 2 N–H and O–H groups in total. The lowest BCUT2D eigenvalue weighted by Crippen LogP contribution is -2.50. The fraction of sp³-hybridized carbons (Fsp3) is 0.538. The molecule has 2 aliphatic rings. The van der Waals surface area contributed by atoms with Crippen molar-refractivity contribution in [1.29, 1.82) is 0 Å². The maximum absolute atomic E-state index is 15.3. The first kappa shape index (κ1) is 38.7. The van der Waals surface area contributed by atoms with Crippen LogP contribution in [0.5, 0.6) is 0 Å². The van der Waals surface area contributed by atoms with Crippen LogP contribution in [0, 0.1) is 11.7 Å². The first-order chi connectivity index (χ1) is 24.8. The van der Waals surface area contributed by atoms with Crippen molar-refractivity contribution in [2.24, 2.45) is 5.92 Å². The van der Waals surface area contributed by atoms with Crippen LogP contribution in [0.1, 0.15) is 85.2 Å². The number of amides is 4. The van der Waals surface area contributed by atoms with Crippen LogP contribution in [0.25, 0.3) is 10.9 Å². The summed E-state index contributed by atoms with van der Waals surface area (Å²) in [5.74, 6) is -1.31. The number of aromatic nitrogens is 1. The highest BCUT2D eigenvalue weighted by Crippen LogP contribution is 2.33. The van der Waals surface area contributed by atoms with Crippen molar-refractivity contribution in [1.82, 2.24) is 25.0 Å². The number of halogens is 1. The zero-order valence-corrected chi connectivity index (χ0v) is 31.1. The van der Waals surface area contributed by atoms with Crippen molar-refractivity contribution in [3.8, 4) is 0 Å². The van der Waals surface area contributed by atoms with Gasteiger partial charge in [0.1, 0.15) is 17.5 Å². The summed E-state index contributed by atoms with van der Waals surface area (Å²) in [5, 5.41) is 6.16. The molecule has 2 fully saturated rings. The van der Waals surface area contributed by atoms with Gasteiger partial charge in [0.15, 0.2) is 0 Å². The number of fused-ring (bicyclic) bond motifs is 1. The van der Waals surface area contributed by atoms with Gasteiger partial charge in [-0.3, -0.25) is 14.4 Å². The van der Waals surface area contributed by atoms with E-state index in [-0.39, 0.29) is 41.9 Å². The summed E-state index contributed by atoms with van der Waals surface area (Å²) in [4.78, 5) is 56.9. The fourth-order valence-electron chi connectivity index (χ4n) is 6.85. The number of rotatable bonds is 11. The highest BCUT2D eigenvalue weighted by Gasteiger charge is 2.31. The van der Waals surface area contributed by atoms with Crippen LogP contribution < -0.4 is 10.6 Å². The normalized spacial score (nSPS) is 16.2. The lowest BCUT2D eigenvalue weighted by atomic mass is 9.88. The highest BCUT2D eigenvalue weighted by atomic mass is 19.1. The number of carbonyl (C=O) groups excluding carboxylic acids is 4. The van der Waals surface area contributed by atoms with Gasteiger partial charge in [-0.15, -0.1) is 0 Å². The quantitative estimate of drug-likeness (QED) is 0.282. The Balaban J connectivity index is 1.27. The molecule has 2 saturated heterocycles. The summed E-state index contributed by atoms with van der Waals surface area (Å²) >= 11 is 0. The second-order valence-corrected chi connectivity index (χ2v) is 14.8. The third-order valence-corrected chi connectivity index (χ3v) is 9.57. The Kier molecular flexibility index (Phi) is 12.6. The van der Waals surface area contributed by atoms with Crippen LogP contribution >= 0.6 is 0 Å². The molecule has 3 heterocycles. The van der Waals surface area contributed by atoms with Crippen LogP contribution in [-0.4, -0.2) is 103 Å². The molecule has 1 atom stereocenters. The van der Waals surface area contributed by atoms with E-state index in [1.807, 2.05) is 36.7 Å². The lowest BCUT2D eigenvalue weighted by molar-refractivity contribution is -0.124. The van der Waals surface area contributed by atoms with Crippen molar-refractivity contribution >= 4 is 34.7 Å². The molecule has 5 rings (SSSR count). The second kappa shape index (κ2) is 16.9. The summed E-state index contributed by atoms with van der Waals surface area (Å²) in [5.41, 5.74) is 2.31. The molecule has 52 heavy (non-hydrogen) atoms. The number of methoxy groups -OCH3 is 1. The van der Waals surface area contributed by atoms with Gasteiger partial charge in [0.25, 0.3) is 11.8 Å². The molecule has 0 saturated carbocycles. The van der Waals surface area contributed by atoms with E-state index in [1.165, 1.54) is 6.07 Å². The van der Waals surface area contributed by atoms with Crippen molar-refractivity contribution in [3.63, 3.8) is 0 Å². The number of hydrogen-bond donors (Lipinski definition) is 2. The maximum atomic E-state index is 15.3. The molecule has 13 heteroatoms. The van der Waals surface area contributed by atoms with E-state index >= 15 is 4.39 Å². The van der Waals surface area contributed by atoms with Crippen LogP contribution in [0.15, 0.2) is 42.6 Å². The summed E-state index contributed by atoms with van der Waals surface area (Å²) < 4.78 is 33.3. The molecule has 0 spiro atoms. The number of morpholine rings is 1.